The molecule has 2 amide bonds. The van der Waals surface area contributed by atoms with Gasteiger partial charge in [-0.1, -0.05) is 18.5 Å². The van der Waals surface area contributed by atoms with Gasteiger partial charge in [0, 0.05) is 24.2 Å². The summed E-state index contributed by atoms with van der Waals surface area (Å²) in [6.45, 7) is 8.73. The van der Waals surface area contributed by atoms with Crippen molar-refractivity contribution in [3.05, 3.63) is 22.7 Å². The van der Waals surface area contributed by atoms with E-state index in [0.29, 0.717) is 35.5 Å². The lowest BCUT2D eigenvalue weighted by Gasteiger charge is -2.36. The summed E-state index contributed by atoms with van der Waals surface area (Å²) in [6, 6.07) is 3.41. The maximum Gasteiger partial charge on any atom is 0.239 e. The van der Waals surface area contributed by atoms with Crippen LogP contribution in [0.5, 0.6) is 5.75 Å². The summed E-state index contributed by atoms with van der Waals surface area (Å²) in [7, 11) is 1.52. The topological polar surface area (TPSA) is 58.6 Å². The van der Waals surface area contributed by atoms with Gasteiger partial charge in [-0.15, -0.1) is 0 Å². The summed E-state index contributed by atoms with van der Waals surface area (Å²) in [6.07, 6.45) is 2.10. The normalized spacial score (nSPS) is 18.0. The number of amides is 2. The average Bonchev–Trinajstić information content (AvgIpc) is 2.57. The molecule has 0 saturated carbocycles. The van der Waals surface area contributed by atoms with Gasteiger partial charge in [-0.2, -0.15) is 0 Å². The Kier molecular flexibility index (Phi) is 5.99. The van der Waals surface area contributed by atoms with Gasteiger partial charge in [-0.05, 0) is 51.2 Å². The van der Waals surface area contributed by atoms with Crippen LogP contribution in [0.4, 0.5) is 5.69 Å². The quantitative estimate of drug-likeness (QED) is 0.822. The summed E-state index contributed by atoms with van der Waals surface area (Å²) in [5, 5.41) is 3.39. The van der Waals surface area contributed by atoms with Crippen LogP contribution in [0, 0.1) is 18.3 Å². The molecule has 0 aromatic heterocycles. The van der Waals surface area contributed by atoms with E-state index < -0.39 is 5.41 Å². The van der Waals surface area contributed by atoms with Gasteiger partial charge >= 0.3 is 0 Å². The van der Waals surface area contributed by atoms with Crippen molar-refractivity contribution in [2.24, 2.45) is 11.3 Å². The Morgan fingerprint density at radius 3 is 2.64 bits per heavy atom. The number of hydrogen-bond donors (Lipinski definition) is 1. The molecular formula is C19H27ClN2O3. The number of hydrogen-bond acceptors (Lipinski definition) is 3. The maximum absolute atomic E-state index is 12.9. The van der Waals surface area contributed by atoms with Gasteiger partial charge in [-0.25, -0.2) is 0 Å². The Morgan fingerprint density at radius 2 is 2.04 bits per heavy atom. The van der Waals surface area contributed by atoms with Crippen LogP contribution in [0.1, 0.15) is 39.2 Å². The maximum atomic E-state index is 12.9. The molecule has 0 spiro atoms. The Labute approximate surface area is 154 Å². The lowest BCUT2D eigenvalue weighted by molar-refractivity contribution is -0.147. The van der Waals surface area contributed by atoms with Crippen molar-refractivity contribution in [2.75, 3.05) is 25.5 Å². The SMILES string of the molecule is COc1cc(Cl)c(C)cc1NC(=O)C(C)(C)C(=O)N1CCCC(C)C1. The summed E-state index contributed by atoms with van der Waals surface area (Å²) in [5.41, 5.74) is 0.185. The minimum atomic E-state index is -1.16. The first-order valence-electron chi connectivity index (χ1n) is 8.61. The second kappa shape index (κ2) is 7.65. The third-order valence-electron chi connectivity index (χ3n) is 4.78. The van der Waals surface area contributed by atoms with E-state index in [4.69, 9.17) is 16.3 Å². The molecule has 1 aliphatic rings. The van der Waals surface area contributed by atoms with E-state index in [9.17, 15) is 9.59 Å². The second-order valence-electron chi connectivity index (χ2n) is 7.38. The van der Waals surface area contributed by atoms with E-state index in [1.807, 2.05) is 6.92 Å². The van der Waals surface area contributed by atoms with Gasteiger partial charge in [0.05, 0.1) is 12.8 Å². The van der Waals surface area contributed by atoms with Crippen molar-refractivity contribution in [3.63, 3.8) is 0 Å². The highest BCUT2D eigenvalue weighted by molar-refractivity contribution is 6.31. The van der Waals surface area contributed by atoms with Gasteiger partial charge in [0.2, 0.25) is 11.8 Å². The number of nitrogens with zero attached hydrogens (tertiary/aromatic N) is 1. The molecule has 1 saturated heterocycles. The number of piperidine rings is 1. The minimum absolute atomic E-state index is 0.138. The lowest BCUT2D eigenvalue weighted by atomic mass is 9.88. The highest BCUT2D eigenvalue weighted by atomic mass is 35.5. The van der Waals surface area contributed by atoms with Crippen molar-refractivity contribution in [1.29, 1.82) is 0 Å². The van der Waals surface area contributed by atoms with E-state index in [1.165, 1.54) is 7.11 Å². The molecule has 5 nitrogen and oxygen atoms in total. The van der Waals surface area contributed by atoms with Crippen molar-refractivity contribution in [1.82, 2.24) is 4.90 Å². The van der Waals surface area contributed by atoms with Crippen LogP contribution in [0.2, 0.25) is 5.02 Å². The van der Waals surface area contributed by atoms with Crippen LogP contribution in [-0.4, -0.2) is 36.9 Å². The zero-order chi connectivity index (χ0) is 18.8. The predicted molar refractivity (Wildman–Crippen MR) is 100 cm³/mol. The summed E-state index contributed by atoms with van der Waals surface area (Å²) in [5.74, 6) is 0.450. The fourth-order valence-corrected chi connectivity index (χ4v) is 3.23. The fraction of sp³-hybridized carbons (Fsp3) is 0.579. The minimum Gasteiger partial charge on any atom is -0.495 e. The fourth-order valence-electron chi connectivity index (χ4n) is 3.07. The highest BCUT2D eigenvalue weighted by Gasteiger charge is 2.40. The molecule has 1 aromatic rings. The molecular weight excluding hydrogens is 340 g/mol. The van der Waals surface area contributed by atoms with Crippen LogP contribution in [0.25, 0.3) is 0 Å². The standard InChI is InChI=1S/C19H27ClN2O3/c1-12-7-6-8-22(11-12)18(24)19(3,4)17(23)21-15-9-13(2)14(20)10-16(15)25-5/h9-10,12H,6-8,11H2,1-5H3,(H,21,23). The predicted octanol–water partition coefficient (Wildman–Crippen LogP) is 3.88. The molecule has 1 N–H and O–H groups in total. The van der Waals surface area contributed by atoms with Crippen molar-refractivity contribution in [3.8, 4) is 5.75 Å². The summed E-state index contributed by atoms with van der Waals surface area (Å²) in [4.78, 5) is 27.5. The number of carbonyl (C=O) groups excluding carboxylic acids is 2. The van der Waals surface area contributed by atoms with Crippen LogP contribution in [0.15, 0.2) is 12.1 Å². The molecule has 1 aromatic carbocycles. The first kappa shape index (κ1) is 19.6. The van der Waals surface area contributed by atoms with E-state index in [2.05, 4.69) is 12.2 Å². The highest BCUT2D eigenvalue weighted by Crippen LogP contribution is 2.33. The zero-order valence-corrected chi connectivity index (χ0v) is 16.4. The summed E-state index contributed by atoms with van der Waals surface area (Å²) < 4.78 is 5.29. The van der Waals surface area contributed by atoms with Crippen LogP contribution >= 0.6 is 11.6 Å². The van der Waals surface area contributed by atoms with Gasteiger partial charge in [-0.3, -0.25) is 9.59 Å². The van der Waals surface area contributed by atoms with E-state index >= 15 is 0 Å². The number of anilines is 1. The van der Waals surface area contributed by atoms with Crippen LogP contribution in [-0.2, 0) is 9.59 Å². The number of benzene rings is 1. The first-order chi connectivity index (χ1) is 11.7. The number of nitrogens with one attached hydrogen (secondary N) is 1. The molecule has 1 aliphatic heterocycles. The lowest BCUT2D eigenvalue weighted by Crippen LogP contribution is -2.50. The largest absolute Gasteiger partial charge is 0.495 e. The molecule has 1 atom stereocenters. The number of aryl methyl sites for hydroxylation is 1. The van der Waals surface area contributed by atoms with E-state index in [-0.39, 0.29) is 11.8 Å². The van der Waals surface area contributed by atoms with Gasteiger partial charge in [0.25, 0.3) is 0 Å². The Hall–Kier alpha value is -1.75. The van der Waals surface area contributed by atoms with E-state index in [1.54, 1.807) is 30.9 Å². The third kappa shape index (κ3) is 4.27. The van der Waals surface area contributed by atoms with Crippen molar-refractivity contribution >= 4 is 29.1 Å². The average molecular weight is 367 g/mol. The molecule has 1 heterocycles. The number of halogens is 1. The number of methoxy groups -OCH3 is 1. The number of carbonyl (C=O) groups is 2. The van der Waals surface area contributed by atoms with Crippen molar-refractivity contribution in [2.45, 2.75) is 40.5 Å². The molecule has 1 fully saturated rings. The Balaban J connectivity index is 2.18. The number of ether oxygens (including phenoxy) is 1. The van der Waals surface area contributed by atoms with Crippen LogP contribution in [0.3, 0.4) is 0 Å². The van der Waals surface area contributed by atoms with E-state index in [0.717, 1.165) is 18.4 Å². The number of likely N-dealkylation sites (tertiary alicyclic amines) is 1. The van der Waals surface area contributed by atoms with Crippen molar-refractivity contribution < 1.29 is 14.3 Å². The second-order valence-corrected chi connectivity index (χ2v) is 7.79. The molecule has 0 aliphatic carbocycles. The van der Waals surface area contributed by atoms with Gasteiger partial charge in [0.1, 0.15) is 11.2 Å². The molecule has 1 unspecified atom stereocenters. The molecule has 25 heavy (non-hydrogen) atoms. The van der Waals surface area contributed by atoms with Gasteiger partial charge in [0.15, 0.2) is 0 Å². The smallest absolute Gasteiger partial charge is 0.239 e. The summed E-state index contributed by atoms with van der Waals surface area (Å²) >= 11 is 6.10. The zero-order valence-electron chi connectivity index (χ0n) is 15.6. The molecule has 2 rings (SSSR count). The molecule has 0 bridgehead atoms. The number of rotatable bonds is 4. The Bertz CT molecular complexity index is 673. The van der Waals surface area contributed by atoms with Gasteiger partial charge < -0.3 is 15.0 Å². The molecule has 138 valence electrons. The molecule has 0 radical (unpaired) electrons. The monoisotopic (exact) mass is 366 g/mol. The third-order valence-corrected chi connectivity index (χ3v) is 5.18. The Morgan fingerprint density at radius 1 is 1.36 bits per heavy atom. The van der Waals surface area contributed by atoms with Crippen LogP contribution < -0.4 is 10.1 Å². The first-order valence-corrected chi connectivity index (χ1v) is 8.99. The molecule has 6 heteroatoms.